The Morgan fingerprint density at radius 3 is 2.00 bits per heavy atom. The molecule has 2 bridgehead atoms. The molecule has 0 unspecified atom stereocenters. The van der Waals surface area contributed by atoms with Crippen molar-refractivity contribution in [1.82, 2.24) is 0 Å². The molecule has 1 heteroatoms. The first-order chi connectivity index (χ1) is 3.68. The zero-order valence-corrected chi connectivity index (χ0v) is 4.58. The van der Waals surface area contributed by atoms with Gasteiger partial charge in [0.2, 0.25) is 0 Å². The molecule has 0 aromatic heterocycles. The van der Waals surface area contributed by atoms with Crippen LogP contribution in [0.1, 0.15) is 19.3 Å². The summed E-state index contributed by atoms with van der Waals surface area (Å²) in [4.78, 5) is 0. The van der Waals surface area contributed by atoms with Crippen LogP contribution in [0.15, 0.2) is 0 Å². The van der Waals surface area contributed by atoms with Gasteiger partial charge in [0, 0.05) is 5.41 Å². The maximum atomic E-state index is 12.6. The van der Waals surface area contributed by atoms with E-state index in [2.05, 4.69) is 5.92 Å². The average Bonchev–Trinajstić information content (AvgIpc) is 1.55. The highest BCUT2D eigenvalue weighted by Crippen LogP contribution is 2.68. The summed E-state index contributed by atoms with van der Waals surface area (Å²) in [7, 11) is 0. The van der Waals surface area contributed by atoms with Gasteiger partial charge in [-0.05, 0) is 19.3 Å². The van der Waals surface area contributed by atoms with E-state index in [1.165, 1.54) is 0 Å². The first-order valence-electron chi connectivity index (χ1n) is 2.85. The molecule has 3 aliphatic rings. The Morgan fingerprint density at radius 1 is 1.38 bits per heavy atom. The summed E-state index contributed by atoms with van der Waals surface area (Å²) < 4.78 is 12.6. The molecule has 0 heterocycles. The monoisotopic (exact) mass is 110 g/mol. The minimum Gasteiger partial charge on any atom is -0.244 e. The maximum Gasteiger partial charge on any atom is 0.115 e. The minimum absolute atomic E-state index is 0.0226. The van der Waals surface area contributed by atoms with Gasteiger partial charge >= 0.3 is 0 Å². The third kappa shape index (κ3) is 0.264. The fourth-order valence-corrected chi connectivity index (χ4v) is 1.82. The molecule has 3 saturated carbocycles. The molecule has 0 saturated heterocycles. The van der Waals surface area contributed by atoms with Crippen LogP contribution in [-0.4, -0.2) is 5.67 Å². The van der Waals surface area contributed by atoms with Crippen LogP contribution in [0.3, 0.4) is 0 Å². The molecule has 0 aliphatic heterocycles. The zero-order chi connectivity index (χ0) is 5.83. The van der Waals surface area contributed by atoms with E-state index in [-0.39, 0.29) is 5.41 Å². The standard InChI is InChI=1S/C7H7F/c1-2-6-3-7(8,4-6)5-6/h1H,3-5H2. The van der Waals surface area contributed by atoms with Crippen molar-refractivity contribution < 1.29 is 4.39 Å². The Bertz CT molecular complexity index is 156. The highest BCUT2D eigenvalue weighted by atomic mass is 19.1. The van der Waals surface area contributed by atoms with Gasteiger partial charge in [-0.15, -0.1) is 6.42 Å². The zero-order valence-electron chi connectivity index (χ0n) is 4.58. The molecule has 0 aromatic carbocycles. The van der Waals surface area contributed by atoms with Gasteiger partial charge in [0.25, 0.3) is 0 Å². The van der Waals surface area contributed by atoms with Crippen LogP contribution < -0.4 is 0 Å². The Kier molecular flexibility index (Phi) is 0.446. The Hall–Kier alpha value is -0.510. The van der Waals surface area contributed by atoms with Crippen molar-refractivity contribution in [2.24, 2.45) is 5.41 Å². The number of alkyl halides is 1. The van der Waals surface area contributed by atoms with E-state index in [0.29, 0.717) is 19.3 Å². The van der Waals surface area contributed by atoms with Crippen molar-refractivity contribution in [3.63, 3.8) is 0 Å². The van der Waals surface area contributed by atoms with Crippen LogP contribution in [0.25, 0.3) is 0 Å². The molecule has 0 atom stereocenters. The third-order valence-corrected chi connectivity index (χ3v) is 2.27. The Morgan fingerprint density at radius 2 is 1.88 bits per heavy atom. The molecule has 0 N–H and O–H groups in total. The molecule has 3 aliphatic carbocycles. The van der Waals surface area contributed by atoms with Crippen LogP contribution in [0.5, 0.6) is 0 Å². The van der Waals surface area contributed by atoms with E-state index in [1.807, 2.05) is 0 Å². The van der Waals surface area contributed by atoms with Gasteiger partial charge in [-0.3, -0.25) is 0 Å². The van der Waals surface area contributed by atoms with E-state index in [4.69, 9.17) is 6.42 Å². The molecule has 8 heavy (non-hydrogen) atoms. The molecule has 0 aromatic rings. The van der Waals surface area contributed by atoms with Crippen molar-refractivity contribution >= 4 is 0 Å². The SMILES string of the molecule is C#CC12CC(F)(C1)C2. The van der Waals surface area contributed by atoms with Gasteiger partial charge in [-0.1, -0.05) is 5.92 Å². The van der Waals surface area contributed by atoms with Crippen molar-refractivity contribution in [3.05, 3.63) is 0 Å². The highest BCUT2D eigenvalue weighted by molar-refractivity contribution is 5.30. The van der Waals surface area contributed by atoms with Crippen molar-refractivity contribution in [2.45, 2.75) is 24.9 Å². The lowest BCUT2D eigenvalue weighted by molar-refractivity contribution is -0.175. The Labute approximate surface area is 48.1 Å². The number of halogens is 1. The minimum atomic E-state index is -0.813. The summed E-state index contributed by atoms with van der Waals surface area (Å²) >= 11 is 0. The fraction of sp³-hybridized carbons (Fsp3) is 0.714. The second kappa shape index (κ2) is 0.815. The van der Waals surface area contributed by atoms with Crippen LogP contribution >= 0.6 is 0 Å². The normalized spacial score (nSPS) is 58.0. The van der Waals surface area contributed by atoms with Gasteiger partial charge in [0.05, 0.1) is 0 Å². The summed E-state index contributed by atoms with van der Waals surface area (Å²) in [6, 6.07) is 0. The predicted molar refractivity (Wildman–Crippen MR) is 29.0 cm³/mol. The summed E-state index contributed by atoms with van der Waals surface area (Å²) in [6.45, 7) is 0. The lowest BCUT2D eigenvalue weighted by atomic mass is 9.43. The van der Waals surface area contributed by atoms with Crippen LogP contribution in [0.4, 0.5) is 4.39 Å². The quantitative estimate of drug-likeness (QED) is 0.415. The number of terminal acetylenes is 1. The lowest BCUT2D eigenvalue weighted by Gasteiger charge is -2.63. The second-order valence-corrected chi connectivity index (χ2v) is 3.11. The van der Waals surface area contributed by atoms with Gasteiger partial charge in [0.15, 0.2) is 0 Å². The lowest BCUT2D eigenvalue weighted by Crippen LogP contribution is -2.63. The van der Waals surface area contributed by atoms with E-state index in [0.717, 1.165) is 0 Å². The average molecular weight is 110 g/mol. The number of hydrogen-bond donors (Lipinski definition) is 0. The molecule has 0 radical (unpaired) electrons. The first-order valence-corrected chi connectivity index (χ1v) is 2.85. The first kappa shape index (κ1) is 4.38. The predicted octanol–water partition coefficient (Wildman–Crippen LogP) is 1.51. The van der Waals surface area contributed by atoms with Gasteiger partial charge in [0.1, 0.15) is 5.67 Å². The number of hydrogen-bond acceptors (Lipinski definition) is 0. The van der Waals surface area contributed by atoms with Crippen LogP contribution in [0, 0.1) is 17.8 Å². The van der Waals surface area contributed by atoms with E-state index < -0.39 is 5.67 Å². The van der Waals surface area contributed by atoms with E-state index in [1.54, 1.807) is 0 Å². The van der Waals surface area contributed by atoms with E-state index in [9.17, 15) is 4.39 Å². The molecular formula is C7H7F. The van der Waals surface area contributed by atoms with E-state index >= 15 is 0 Å². The third-order valence-electron chi connectivity index (χ3n) is 2.27. The van der Waals surface area contributed by atoms with Crippen LogP contribution in [-0.2, 0) is 0 Å². The van der Waals surface area contributed by atoms with Crippen molar-refractivity contribution in [2.75, 3.05) is 0 Å². The van der Waals surface area contributed by atoms with Crippen molar-refractivity contribution in [3.8, 4) is 12.3 Å². The van der Waals surface area contributed by atoms with Gasteiger partial charge in [-0.2, -0.15) is 0 Å². The topological polar surface area (TPSA) is 0 Å². The summed E-state index contributed by atoms with van der Waals surface area (Å²) in [5.41, 5.74) is -0.791. The molecule has 0 spiro atoms. The molecule has 3 fully saturated rings. The highest BCUT2D eigenvalue weighted by Gasteiger charge is 2.68. The van der Waals surface area contributed by atoms with Gasteiger partial charge in [-0.25, -0.2) is 4.39 Å². The largest absolute Gasteiger partial charge is 0.244 e. The Balaban J connectivity index is 2.17. The van der Waals surface area contributed by atoms with Crippen LogP contribution in [0.2, 0.25) is 0 Å². The maximum absolute atomic E-state index is 12.6. The summed E-state index contributed by atoms with van der Waals surface area (Å²) in [5.74, 6) is 2.63. The molecule has 3 rings (SSSR count). The summed E-state index contributed by atoms with van der Waals surface area (Å²) in [6.07, 6.45) is 7.05. The summed E-state index contributed by atoms with van der Waals surface area (Å²) in [5, 5.41) is 0. The smallest absolute Gasteiger partial charge is 0.115 e. The van der Waals surface area contributed by atoms with Crippen molar-refractivity contribution in [1.29, 1.82) is 0 Å². The number of rotatable bonds is 0. The molecular weight excluding hydrogens is 103 g/mol. The fourth-order valence-electron chi connectivity index (χ4n) is 1.82. The molecule has 0 amide bonds. The molecule has 42 valence electrons. The molecule has 0 nitrogen and oxygen atoms in total. The second-order valence-electron chi connectivity index (χ2n) is 3.11. The van der Waals surface area contributed by atoms with Gasteiger partial charge < -0.3 is 0 Å².